The van der Waals surface area contributed by atoms with Gasteiger partial charge >= 0.3 is 0 Å². The fourth-order valence-corrected chi connectivity index (χ4v) is 13.3. The van der Waals surface area contributed by atoms with Crippen molar-refractivity contribution in [2.75, 3.05) is 59.1 Å². The summed E-state index contributed by atoms with van der Waals surface area (Å²) < 4.78 is 87.4. The average Bonchev–Trinajstić information content (AvgIpc) is 1.75. The lowest BCUT2D eigenvalue weighted by Crippen LogP contribution is -2.49. The molecule has 0 bridgehead atoms. The number of morpholine rings is 3. The van der Waals surface area contributed by atoms with Gasteiger partial charge in [-0.05, 0) is 108 Å². The predicted molar refractivity (Wildman–Crippen MR) is 371 cm³/mol. The molecule has 0 radical (unpaired) electrons. The summed E-state index contributed by atoms with van der Waals surface area (Å²) in [5.74, 6) is -0.982. The third-order valence-electron chi connectivity index (χ3n) is 18.9. The lowest BCUT2D eigenvalue weighted by molar-refractivity contribution is -0.144. The van der Waals surface area contributed by atoms with Crippen LogP contribution in [0.1, 0.15) is 129 Å². The molecule has 0 aromatic heterocycles. The molecule has 0 saturated carbocycles. The number of amides is 9. The Morgan fingerprint density at radius 2 is 0.794 bits per heavy atom. The van der Waals surface area contributed by atoms with Crippen LogP contribution in [0, 0.1) is 0 Å². The number of benzene rings is 6. The van der Waals surface area contributed by atoms with Crippen molar-refractivity contribution >= 4 is 53.2 Å². The van der Waals surface area contributed by atoms with Crippen LogP contribution in [0.2, 0.25) is 0 Å². The van der Waals surface area contributed by atoms with Crippen molar-refractivity contribution in [3.8, 4) is 17.2 Å². The second-order valence-corrected chi connectivity index (χ2v) is 25.8. The Morgan fingerprint density at radius 1 is 0.422 bits per heavy atom. The van der Waals surface area contributed by atoms with Gasteiger partial charge in [0, 0.05) is 89.7 Å². The Morgan fingerprint density at radius 3 is 1.19 bits per heavy atom. The highest BCUT2D eigenvalue weighted by molar-refractivity contribution is 6.04. The van der Waals surface area contributed by atoms with Crippen molar-refractivity contribution < 1.29 is 81.2 Å². The van der Waals surface area contributed by atoms with Gasteiger partial charge in [0.25, 0.3) is 17.7 Å². The number of carbonyl (C=O) groups is 9. The maximum atomic E-state index is 13.0. The first-order valence-electron chi connectivity index (χ1n) is 37.3. The number of nitrogens with zero attached hydrogens (tertiary/aromatic N) is 6. The highest BCUT2D eigenvalue weighted by Crippen LogP contribution is 2.38. The summed E-state index contributed by atoms with van der Waals surface area (Å²) in [6.07, 6.45) is 3.55. The van der Waals surface area contributed by atoms with Crippen molar-refractivity contribution in [1.82, 2.24) is 45.3 Å². The minimum absolute atomic E-state index is 0.0257. The van der Waals surface area contributed by atoms with E-state index < -0.39 is 68.7 Å². The molecule has 528 valence electrons. The van der Waals surface area contributed by atoms with Gasteiger partial charge in [-0.3, -0.25) is 43.2 Å². The number of ether oxygens (including phenoxy) is 6. The molecule has 6 saturated heterocycles. The molecule has 0 aliphatic carbocycles. The molecule has 24 nitrogen and oxygen atoms in total. The first kappa shape index (κ1) is 61.0. The predicted octanol–water partition coefficient (Wildman–Crippen LogP) is 7.12. The van der Waals surface area contributed by atoms with E-state index in [-0.39, 0.29) is 81.6 Å². The molecule has 6 atom stereocenters. The van der Waals surface area contributed by atoms with Crippen LogP contribution in [0.3, 0.4) is 0 Å². The smallest absolute Gasteiger partial charge is 0.255 e. The minimum atomic E-state index is -2.28. The third-order valence-corrected chi connectivity index (χ3v) is 18.9. The van der Waals surface area contributed by atoms with Gasteiger partial charge in [0.2, 0.25) is 35.4 Å². The first-order chi connectivity index (χ1) is 52.2. The molecule has 6 unspecified atom stereocenters. The normalized spacial score (nSPS) is 24.6. The largest absolute Gasteiger partial charge is 0.489 e. The summed E-state index contributed by atoms with van der Waals surface area (Å²) in [5.41, 5.74) is 11.1. The van der Waals surface area contributed by atoms with Crippen LogP contribution in [-0.2, 0) is 102 Å². The fraction of sp³-hybridized carbons (Fsp3) is 0.346. The number of carbonyl (C=O) groups excluding carboxylic acids is 9. The monoisotopic (exact) mass is 1390 g/mol. The van der Waals surface area contributed by atoms with Gasteiger partial charge < -0.3 is 73.8 Å². The molecule has 9 aliphatic heterocycles. The summed E-state index contributed by atoms with van der Waals surface area (Å²) in [6, 6.07) is 36.8. The molecule has 6 aromatic carbocycles. The number of fused-ring (bicyclic) bond motifs is 3. The van der Waals surface area contributed by atoms with Crippen molar-refractivity contribution in [1.29, 1.82) is 0 Å². The Kier molecular flexibility index (Phi) is 18.7. The summed E-state index contributed by atoms with van der Waals surface area (Å²) >= 11 is 0. The number of hydrogen-bond donors (Lipinski definition) is 3. The fourth-order valence-electron chi connectivity index (χ4n) is 13.3. The van der Waals surface area contributed by atoms with Gasteiger partial charge in [0.05, 0.1) is 49.0 Å². The topological polar surface area (TPSA) is 265 Å². The molecular formula is C78H81N9O15. The molecular weight excluding hydrogens is 1300 g/mol. The van der Waals surface area contributed by atoms with E-state index in [4.69, 9.17) is 38.0 Å². The van der Waals surface area contributed by atoms with Crippen molar-refractivity contribution in [3.63, 3.8) is 0 Å². The average molecular weight is 1390 g/mol. The van der Waals surface area contributed by atoms with Gasteiger partial charge in [0.1, 0.15) is 74.9 Å². The van der Waals surface area contributed by atoms with Crippen LogP contribution in [0.15, 0.2) is 164 Å². The summed E-state index contributed by atoms with van der Waals surface area (Å²) in [5, 5.41) is 8.23. The van der Waals surface area contributed by atoms with Crippen LogP contribution in [0.25, 0.3) is 0 Å². The Bertz CT molecular complexity index is 4470. The lowest BCUT2D eigenvalue weighted by Gasteiger charge is -2.31. The van der Waals surface area contributed by atoms with Crippen molar-refractivity contribution in [2.24, 2.45) is 0 Å². The van der Waals surface area contributed by atoms with E-state index in [1.54, 1.807) is 69.3 Å². The van der Waals surface area contributed by atoms with E-state index in [1.807, 2.05) is 72.8 Å². The van der Waals surface area contributed by atoms with Crippen LogP contribution in [0.5, 0.6) is 17.2 Å². The molecule has 24 heteroatoms. The minimum Gasteiger partial charge on any atom is -0.489 e. The zero-order valence-electron chi connectivity index (χ0n) is 63.0. The standard InChI is InChI=1S/3C26H27N3O5/c3*1-17-5-10-22(25(31)27-17)29-14-21-20(26(29)32)3-2-4-23(21)34-15-19-8-6-18(7-9-19)13-28-11-12-33-16-24(28)30/h3*2-4,6-9,22H,1,5,10-16H2,(H,27,31)/i12D,16D;11D2,12D;16D2. The van der Waals surface area contributed by atoms with E-state index in [1.165, 1.54) is 9.80 Å². The van der Waals surface area contributed by atoms with E-state index in [9.17, 15) is 43.2 Å². The SMILES string of the molecule is [2H]C1([2H])OCCN(Cc2ccc(COc3cccc4c3CN(C3CCC(=C)NC3=O)C4=O)cc2)C1=O.[2H]C1CN(Cc2ccc(COc3cccc4c3CN(C3CCC(=C)NC3=O)C4=O)cc2)C(=O)C([2H])O1.[2H]C1OCC(=O)N(Cc2ccc(COc3cccc4c3CN(C3CCC(=C)NC3=O)C4=O)cc2)C1([2H])[2H]. The molecule has 9 amide bonds. The lowest BCUT2D eigenvalue weighted by atomic mass is 10.0. The zero-order chi connectivity index (χ0) is 77.2. The van der Waals surface area contributed by atoms with Crippen LogP contribution in [-0.4, -0.2) is 160 Å². The zero-order valence-corrected chi connectivity index (χ0v) is 56.0. The third kappa shape index (κ3) is 15.9. The molecule has 6 aromatic rings. The van der Waals surface area contributed by atoms with Crippen LogP contribution >= 0.6 is 0 Å². The summed E-state index contributed by atoms with van der Waals surface area (Å²) in [6.45, 7) is 5.85. The highest BCUT2D eigenvalue weighted by atomic mass is 16.5. The summed E-state index contributed by atoms with van der Waals surface area (Å²) in [7, 11) is 0. The van der Waals surface area contributed by atoms with Crippen LogP contribution < -0.4 is 30.2 Å². The molecule has 9 heterocycles. The van der Waals surface area contributed by atoms with Gasteiger partial charge in [-0.25, -0.2) is 0 Å². The Hall–Kier alpha value is -11.0. The van der Waals surface area contributed by atoms with Crippen LogP contribution in [0.4, 0.5) is 0 Å². The maximum Gasteiger partial charge on any atom is 0.255 e. The number of nitrogens with one attached hydrogen (secondary N) is 3. The molecule has 0 spiro atoms. The first-order valence-corrected chi connectivity index (χ1v) is 33.6. The molecule has 6 fully saturated rings. The molecule has 3 N–H and O–H groups in total. The van der Waals surface area contributed by atoms with E-state index in [0.717, 1.165) is 49.4 Å². The van der Waals surface area contributed by atoms with Gasteiger partial charge in [-0.15, -0.1) is 0 Å². The van der Waals surface area contributed by atoms with Gasteiger partial charge in [-0.1, -0.05) is 111 Å². The molecule has 9 aliphatic rings. The maximum absolute atomic E-state index is 13.0. The number of allylic oxidation sites excluding steroid dienone is 3. The number of hydrogen-bond acceptors (Lipinski definition) is 15. The second kappa shape index (κ2) is 31.3. The van der Waals surface area contributed by atoms with Crippen molar-refractivity contribution in [3.05, 3.63) is 231 Å². The number of piperidine rings is 3. The Labute approximate surface area is 600 Å². The molecule has 15 rings (SSSR count). The van der Waals surface area contributed by atoms with E-state index >= 15 is 0 Å². The summed E-state index contributed by atoms with van der Waals surface area (Å²) in [4.78, 5) is 122. The van der Waals surface area contributed by atoms with Gasteiger partial charge in [-0.2, -0.15) is 0 Å². The Balaban J connectivity index is 0.000000144. The molecule has 102 heavy (non-hydrogen) atoms. The second-order valence-electron chi connectivity index (χ2n) is 25.8. The van der Waals surface area contributed by atoms with E-state index in [0.29, 0.717) is 134 Å². The quantitative estimate of drug-likeness (QED) is 0.0774. The highest BCUT2D eigenvalue weighted by Gasteiger charge is 2.43. The van der Waals surface area contributed by atoms with Crippen molar-refractivity contribution in [2.45, 2.75) is 116 Å². The van der Waals surface area contributed by atoms with Gasteiger partial charge in [0.15, 0.2) is 0 Å². The van der Waals surface area contributed by atoms with E-state index in [2.05, 4.69) is 35.7 Å². The number of rotatable bonds is 18.